The highest BCUT2D eigenvalue weighted by Crippen LogP contribution is 2.42. The minimum Gasteiger partial charge on any atom is -0.488 e. The first-order valence-corrected chi connectivity index (χ1v) is 13.0. The molecule has 4 aromatic rings. The van der Waals surface area contributed by atoms with E-state index in [1.54, 1.807) is 18.2 Å². The SMILES string of the molecule is CC.CC.Cc1c(C2CCOCC2)n(-c2ccc(F)cc2)c2cc(F)cc(OCc3ccccc3)c12. The topological polar surface area (TPSA) is 23.4 Å². The summed E-state index contributed by atoms with van der Waals surface area (Å²) in [4.78, 5) is 0. The number of nitrogens with zero attached hydrogens (tertiary/aromatic N) is 1. The van der Waals surface area contributed by atoms with Gasteiger partial charge in [0, 0.05) is 42.0 Å². The maximum atomic E-state index is 14.8. The van der Waals surface area contributed by atoms with Gasteiger partial charge in [0.15, 0.2) is 0 Å². The van der Waals surface area contributed by atoms with Crippen LogP contribution in [0.1, 0.15) is 63.3 Å². The first-order valence-electron chi connectivity index (χ1n) is 13.0. The number of benzene rings is 3. The molecular formula is C31H37F2NO2. The molecule has 0 spiro atoms. The van der Waals surface area contributed by atoms with Gasteiger partial charge in [-0.25, -0.2) is 8.78 Å². The van der Waals surface area contributed by atoms with Crippen LogP contribution in [-0.2, 0) is 11.3 Å². The number of hydrogen-bond donors (Lipinski definition) is 0. The molecule has 1 aliphatic heterocycles. The minimum absolute atomic E-state index is 0.270. The Kier molecular flexibility index (Phi) is 10.1. The Morgan fingerprint density at radius 2 is 1.50 bits per heavy atom. The highest BCUT2D eigenvalue weighted by molar-refractivity contribution is 5.93. The molecule has 0 aliphatic carbocycles. The van der Waals surface area contributed by atoms with E-state index in [0.717, 1.165) is 46.3 Å². The third kappa shape index (κ3) is 5.96. The first kappa shape index (κ1) is 27.4. The van der Waals surface area contributed by atoms with Crippen LogP contribution in [0.25, 0.3) is 16.6 Å². The predicted octanol–water partition coefficient (Wildman–Crippen LogP) is 8.74. The lowest BCUT2D eigenvalue weighted by atomic mass is 9.93. The zero-order chi connectivity index (χ0) is 26.1. The zero-order valence-corrected chi connectivity index (χ0v) is 22.0. The highest BCUT2D eigenvalue weighted by Gasteiger charge is 2.27. The Morgan fingerprint density at radius 1 is 0.861 bits per heavy atom. The van der Waals surface area contributed by atoms with Crippen molar-refractivity contribution in [3.8, 4) is 11.4 Å². The standard InChI is InChI=1S/C27H25F2NO2.2C2H6/c1-18-26-24(15-22(29)16-25(26)32-17-19-5-3-2-4-6-19)30(23-9-7-21(28)8-10-23)27(18)20-11-13-31-14-12-20;2*1-2/h2-10,15-16,20H,11-14,17H2,1H3;2*1-2H3. The number of aryl methyl sites for hydroxylation is 1. The van der Waals surface area contributed by atoms with Crippen LogP contribution in [0.15, 0.2) is 66.7 Å². The van der Waals surface area contributed by atoms with Crippen molar-refractivity contribution in [3.05, 3.63) is 95.2 Å². The number of ether oxygens (including phenoxy) is 2. The largest absolute Gasteiger partial charge is 0.488 e. The second kappa shape index (κ2) is 13.2. The lowest BCUT2D eigenvalue weighted by Gasteiger charge is -2.25. The van der Waals surface area contributed by atoms with E-state index in [4.69, 9.17) is 9.47 Å². The molecule has 1 aliphatic rings. The van der Waals surface area contributed by atoms with Crippen molar-refractivity contribution in [1.82, 2.24) is 4.57 Å². The van der Waals surface area contributed by atoms with Crippen molar-refractivity contribution >= 4 is 10.9 Å². The average Bonchev–Trinajstić information content (AvgIpc) is 3.23. The van der Waals surface area contributed by atoms with Crippen LogP contribution in [0.4, 0.5) is 8.78 Å². The van der Waals surface area contributed by atoms with E-state index in [9.17, 15) is 8.78 Å². The quantitative estimate of drug-likeness (QED) is 0.277. The number of rotatable bonds is 5. The van der Waals surface area contributed by atoms with Crippen molar-refractivity contribution in [2.45, 2.75) is 60.0 Å². The Balaban J connectivity index is 0.000000861. The second-order valence-electron chi connectivity index (χ2n) is 8.28. The van der Waals surface area contributed by atoms with Gasteiger partial charge in [0.05, 0.1) is 5.52 Å². The van der Waals surface area contributed by atoms with E-state index in [0.29, 0.717) is 25.6 Å². The van der Waals surface area contributed by atoms with Crippen LogP contribution in [0.2, 0.25) is 0 Å². The predicted molar refractivity (Wildman–Crippen MR) is 144 cm³/mol. The summed E-state index contributed by atoms with van der Waals surface area (Å²) in [5.74, 6) is 0.134. The number of fused-ring (bicyclic) bond motifs is 1. The fourth-order valence-corrected chi connectivity index (χ4v) is 4.72. The third-order valence-corrected chi connectivity index (χ3v) is 6.22. The Labute approximate surface area is 213 Å². The third-order valence-electron chi connectivity index (χ3n) is 6.22. The summed E-state index contributed by atoms with van der Waals surface area (Å²) < 4.78 is 42.2. The van der Waals surface area contributed by atoms with Gasteiger partial charge in [-0.2, -0.15) is 0 Å². The van der Waals surface area contributed by atoms with Crippen LogP contribution >= 0.6 is 0 Å². The lowest BCUT2D eigenvalue weighted by Crippen LogP contribution is -2.17. The van der Waals surface area contributed by atoms with E-state index in [2.05, 4.69) is 11.5 Å². The van der Waals surface area contributed by atoms with Crippen LogP contribution in [0, 0.1) is 18.6 Å². The van der Waals surface area contributed by atoms with E-state index in [1.165, 1.54) is 18.2 Å². The Hall–Kier alpha value is -3.18. The van der Waals surface area contributed by atoms with Crippen molar-refractivity contribution < 1.29 is 18.3 Å². The van der Waals surface area contributed by atoms with Gasteiger partial charge in [0.2, 0.25) is 0 Å². The average molecular weight is 494 g/mol. The molecule has 0 radical (unpaired) electrons. The van der Waals surface area contributed by atoms with Crippen LogP contribution in [0.3, 0.4) is 0 Å². The zero-order valence-electron chi connectivity index (χ0n) is 22.0. The molecule has 0 amide bonds. The molecule has 0 bridgehead atoms. The minimum atomic E-state index is -0.361. The van der Waals surface area contributed by atoms with Gasteiger partial charge < -0.3 is 14.0 Å². The normalized spacial score (nSPS) is 13.4. The van der Waals surface area contributed by atoms with Crippen LogP contribution < -0.4 is 4.74 Å². The summed E-state index contributed by atoms with van der Waals surface area (Å²) >= 11 is 0. The number of halogens is 2. The number of hydrogen-bond acceptors (Lipinski definition) is 2. The molecule has 5 heteroatoms. The van der Waals surface area contributed by atoms with Gasteiger partial charge in [-0.1, -0.05) is 58.0 Å². The van der Waals surface area contributed by atoms with Crippen molar-refractivity contribution in [3.63, 3.8) is 0 Å². The number of aromatic nitrogens is 1. The molecule has 192 valence electrons. The summed E-state index contributed by atoms with van der Waals surface area (Å²) in [6.07, 6.45) is 1.78. The summed E-state index contributed by atoms with van der Waals surface area (Å²) in [6, 6.07) is 19.2. The lowest BCUT2D eigenvalue weighted by molar-refractivity contribution is 0.0841. The molecule has 2 heterocycles. The van der Waals surface area contributed by atoms with Crippen molar-refractivity contribution in [1.29, 1.82) is 0 Å². The fraction of sp³-hybridized carbons (Fsp3) is 0.355. The maximum absolute atomic E-state index is 14.8. The molecule has 5 rings (SSSR count). The van der Waals surface area contributed by atoms with E-state index in [1.807, 2.05) is 58.0 Å². The molecule has 3 aromatic carbocycles. The van der Waals surface area contributed by atoms with Gasteiger partial charge in [-0.05, 0) is 61.2 Å². The highest BCUT2D eigenvalue weighted by atomic mass is 19.1. The van der Waals surface area contributed by atoms with Crippen molar-refractivity contribution in [2.75, 3.05) is 13.2 Å². The summed E-state index contributed by atoms with van der Waals surface area (Å²) in [5, 5.41) is 0.896. The van der Waals surface area contributed by atoms with E-state index < -0.39 is 0 Å². The summed E-state index contributed by atoms with van der Waals surface area (Å²) in [6.45, 7) is 11.8. The first-order chi connectivity index (χ1) is 17.6. The molecule has 36 heavy (non-hydrogen) atoms. The molecule has 1 saturated heterocycles. The molecule has 0 unspecified atom stereocenters. The Morgan fingerprint density at radius 3 is 2.14 bits per heavy atom. The monoisotopic (exact) mass is 493 g/mol. The van der Waals surface area contributed by atoms with Crippen LogP contribution in [0.5, 0.6) is 5.75 Å². The molecule has 0 saturated carbocycles. The van der Waals surface area contributed by atoms with Gasteiger partial charge in [0.25, 0.3) is 0 Å². The summed E-state index contributed by atoms with van der Waals surface area (Å²) in [5.41, 5.74) is 4.75. The van der Waals surface area contributed by atoms with Gasteiger partial charge in [0.1, 0.15) is 24.0 Å². The van der Waals surface area contributed by atoms with Gasteiger partial charge in [-0.3, -0.25) is 0 Å². The molecule has 0 atom stereocenters. The Bertz CT molecular complexity index is 1230. The molecule has 1 fully saturated rings. The molecular weight excluding hydrogens is 456 g/mol. The molecule has 0 N–H and O–H groups in total. The maximum Gasteiger partial charge on any atom is 0.132 e. The molecule has 3 nitrogen and oxygen atoms in total. The smallest absolute Gasteiger partial charge is 0.132 e. The fourth-order valence-electron chi connectivity index (χ4n) is 4.72. The summed E-state index contributed by atoms with van der Waals surface area (Å²) in [7, 11) is 0. The van der Waals surface area contributed by atoms with E-state index >= 15 is 0 Å². The van der Waals surface area contributed by atoms with E-state index in [-0.39, 0.29) is 17.6 Å². The van der Waals surface area contributed by atoms with Crippen LogP contribution in [-0.4, -0.2) is 17.8 Å². The van der Waals surface area contributed by atoms with Gasteiger partial charge in [-0.15, -0.1) is 0 Å². The van der Waals surface area contributed by atoms with Crippen molar-refractivity contribution in [2.24, 2.45) is 0 Å². The van der Waals surface area contributed by atoms with Gasteiger partial charge >= 0.3 is 0 Å². The molecule has 1 aromatic heterocycles. The second-order valence-corrected chi connectivity index (χ2v) is 8.28.